The number of rotatable bonds is 6. The predicted octanol–water partition coefficient (Wildman–Crippen LogP) is 11.8. The number of anilines is 2. The first-order chi connectivity index (χ1) is 26.2. The van der Waals surface area contributed by atoms with Crippen molar-refractivity contribution in [1.82, 2.24) is 15.0 Å². The van der Waals surface area contributed by atoms with E-state index in [-0.39, 0.29) is 6.04 Å². The third-order valence-electron chi connectivity index (χ3n) is 10.4. The molecule has 4 nitrogen and oxygen atoms in total. The molecule has 2 aliphatic rings. The summed E-state index contributed by atoms with van der Waals surface area (Å²) >= 11 is 0. The second-order valence-corrected chi connectivity index (χ2v) is 13.7. The SMILES string of the molecule is C1=C2c3ccccc3N(c3cccc(-c4nc(-c5ccc(-c6ccccc6)cc5)nc(-c5cccc(-c6ccccc6)c5)n4)c3)C2Cc2ccccc21. The van der Waals surface area contributed by atoms with E-state index < -0.39 is 0 Å². The molecule has 0 radical (unpaired) electrons. The average Bonchev–Trinajstić information content (AvgIpc) is 3.56. The molecular formula is C49H34N4. The molecule has 1 aliphatic heterocycles. The normalized spacial score (nSPS) is 14.2. The number of benzene rings is 7. The highest BCUT2D eigenvalue weighted by Crippen LogP contribution is 2.49. The lowest BCUT2D eigenvalue weighted by Gasteiger charge is -2.31. The van der Waals surface area contributed by atoms with E-state index >= 15 is 0 Å². The highest BCUT2D eigenvalue weighted by molar-refractivity contribution is 6.00. The van der Waals surface area contributed by atoms with Crippen molar-refractivity contribution < 1.29 is 0 Å². The molecule has 0 fully saturated rings. The largest absolute Gasteiger partial charge is 0.333 e. The molecule has 8 aromatic rings. The summed E-state index contributed by atoms with van der Waals surface area (Å²) in [5.41, 5.74) is 15.1. The first-order valence-corrected chi connectivity index (χ1v) is 18.1. The second-order valence-electron chi connectivity index (χ2n) is 13.7. The van der Waals surface area contributed by atoms with Crippen LogP contribution in [0.5, 0.6) is 0 Å². The molecule has 53 heavy (non-hydrogen) atoms. The number of aromatic nitrogens is 3. The van der Waals surface area contributed by atoms with Crippen molar-refractivity contribution in [3.05, 3.63) is 199 Å². The van der Waals surface area contributed by atoms with Gasteiger partial charge in [0.15, 0.2) is 17.5 Å². The molecule has 0 amide bonds. The molecule has 1 atom stereocenters. The van der Waals surface area contributed by atoms with Gasteiger partial charge in [-0.3, -0.25) is 0 Å². The van der Waals surface area contributed by atoms with Gasteiger partial charge in [-0.15, -0.1) is 0 Å². The summed E-state index contributed by atoms with van der Waals surface area (Å²) in [6.45, 7) is 0. The van der Waals surface area contributed by atoms with Gasteiger partial charge in [0.05, 0.1) is 6.04 Å². The summed E-state index contributed by atoms with van der Waals surface area (Å²) in [5.74, 6) is 1.92. The lowest BCUT2D eigenvalue weighted by molar-refractivity contribution is 0.807. The number of hydrogen-bond acceptors (Lipinski definition) is 4. The van der Waals surface area contributed by atoms with Crippen LogP contribution < -0.4 is 4.90 Å². The summed E-state index contributed by atoms with van der Waals surface area (Å²) in [7, 11) is 0. The van der Waals surface area contributed by atoms with Gasteiger partial charge in [0, 0.05) is 33.6 Å². The molecule has 0 spiro atoms. The summed E-state index contributed by atoms with van der Waals surface area (Å²) in [5, 5.41) is 0. The molecule has 1 aliphatic carbocycles. The van der Waals surface area contributed by atoms with Gasteiger partial charge in [-0.05, 0) is 75.7 Å². The Kier molecular flexibility index (Phi) is 7.58. The molecule has 7 aromatic carbocycles. The maximum Gasteiger partial charge on any atom is 0.164 e. The molecule has 0 bridgehead atoms. The molecule has 250 valence electrons. The Balaban J connectivity index is 1.09. The zero-order valence-corrected chi connectivity index (χ0v) is 29.0. The van der Waals surface area contributed by atoms with E-state index in [0.29, 0.717) is 17.5 Å². The molecule has 2 heterocycles. The van der Waals surface area contributed by atoms with Crippen molar-refractivity contribution in [1.29, 1.82) is 0 Å². The Labute approximate surface area is 309 Å². The van der Waals surface area contributed by atoms with Crippen LogP contribution in [-0.4, -0.2) is 21.0 Å². The Morgan fingerprint density at radius 3 is 1.70 bits per heavy atom. The molecule has 10 rings (SSSR count). The summed E-state index contributed by atoms with van der Waals surface area (Å²) in [6, 6.07) is 64.2. The van der Waals surface area contributed by atoms with Crippen molar-refractivity contribution in [3.63, 3.8) is 0 Å². The Morgan fingerprint density at radius 2 is 0.943 bits per heavy atom. The van der Waals surface area contributed by atoms with Crippen LogP contribution in [0.25, 0.3) is 68.1 Å². The first-order valence-electron chi connectivity index (χ1n) is 18.1. The molecule has 0 N–H and O–H groups in total. The van der Waals surface area contributed by atoms with Crippen LogP contribution in [-0.2, 0) is 6.42 Å². The Hall–Kier alpha value is -6.91. The van der Waals surface area contributed by atoms with E-state index in [1.165, 1.54) is 33.5 Å². The number of para-hydroxylation sites is 1. The first kappa shape index (κ1) is 30.9. The topological polar surface area (TPSA) is 41.9 Å². The van der Waals surface area contributed by atoms with E-state index in [2.05, 4.69) is 181 Å². The highest BCUT2D eigenvalue weighted by atomic mass is 15.2. The molecular weight excluding hydrogens is 645 g/mol. The quantitative estimate of drug-likeness (QED) is 0.176. The van der Waals surface area contributed by atoms with Gasteiger partial charge in [-0.2, -0.15) is 0 Å². The molecule has 0 saturated heterocycles. The number of nitrogens with zero attached hydrogens (tertiary/aromatic N) is 4. The van der Waals surface area contributed by atoms with E-state index in [0.717, 1.165) is 45.5 Å². The van der Waals surface area contributed by atoms with Crippen molar-refractivity contribution in [2.75, 3.05) is 4.90 Å². The lowest BCUT2D eigenvalue weighted by atomic mass is 9.87. The van der Waals surface area contributed by atoms with Crippen LogP contribution in [0.4, 0.5) is 11.4 Å². The van der Waals surface area contributed by atoms with Crippen LogP contribution in [0.2, 0.25) is 0 Å². The minimum absolute atomic E-state index is 0.200. The fourth-order valence-electron chi connectivity index (χ4n) is 7.81. The molecule has 4 heteroatoms. The number of hydrogen-bond donors (Lipinski definition) is 0. The van der Waals surface area contributed by atoms with E-state index in [9.17, 15) is 0 Å². The Bertz CT molecular complexity index is 2650. The van der Waals surface area contributed by atoms with Gasteiger partial charge in [0.25, 0.3) is 0 Å². The molecule has 0 saturated carbocycles. The summed E-state index contributed by atoms with van der Waals surface area (Å²) < 4.78 is 0. The van der Waals surface area contributed by atoms with Gasteiger partial charge in [0.2, 0.25) is 0 Å². The zero-order chi connectivity index (χ0) is 35.1. The van der Waals surface area contributed by atoms with Crippen molar-refractivity contribution in [2.24, 2.45) is 0 Å². The third kappa shape index (κ3) is 5.71. The molecule has 1 aromatic heterocycles. The van der Waals surface area contributed by atoms with E-state index in [4.69, 9.17) is 15.0 Å². The Morgan fingerprint density at radius 1 is 0.415 bits per heavy atom. The zero-order valence-electron chi connectivity index (χ0n) is 29.0. The number of fused-ring (bicyclic) bond motifs is 4. The fraction of sp³-hybridized carbons (Fsp3) is 0.0408. The van der Waals surface area contributed by atoms with E-state index in [1.807, 2.05) is 12.1 Å². The molecule has 1 unspecified atom stereocenters. The van der Waals surface area contributed by atoms with Gasteiger partial charge < -0.3 is 4.90 Å². The van der Waals surface area contributed by atoms with Crippen molar-refractivity contribution in [2.45, 2.75) is 12.5 Å². The second kappa shape index (κ2) is 13.0. The minimum Gasteiger partial charge on any atom is -0.333 e. The lowest BCUT2D eigenvalue weighted by Crippen LogP contribution is -2.30. The van der Waals surface area contributed by atoms with Gasteiger partial charge >= 0.3 is 0 Å². The van der Waals surface area contributed by atoms with Gasteiger partial charge in [0.1, 0.15) is 0 Å². The maximum absolute atomic E-state index is 5.17. The van der Waals surface area contributed by atoms with Crippen LogP contribution in [0.15, 0.2) is 182 Å². The highest BCUT2D eigenvalue weighted by Gasteiger charge is 2.37. The van der Waals surface area contributed by atoms with Crippen molar-refractivity contribution in [3.8, 4) is 56.4 Å². The van der Waals surface area contributed by atoms with Crippen LogP contribution >= 0.6 is 0 Å². The van der Waals surface area contributed by atoms with Crippen molar-refractivity contribution >= 4 is 23.0 Å². The summed E-state index contributed by atoms with van der Waals surface area (Å²) in [4.78, 5) is 17.9. The van der Waals surface area contributed by atoms with Crippen LogP contribution in [0, 0.1) is 0 Å². The maximum atomic E-state index is 5.17. The standard InChI is InChI=1S/C49H34N4/c1-3-13-33(14-4-1)35-25-27-36(28-26-35)47-50-48(40-20-11-19-37(29-40)34-15-5-2-6-16-34)52-49(51-47)41-21-12-22-42(30-41)53-45-24-10-9-23-43(45)44-31-38-17-7-8-18-39(38)32-46(44)53/h1-31,46H,32H2. The van der Waals surface area contributed by atoms with Gasteiger partial charge in [-0.25, -0.2) is 15.0 Å². The van der Waals surface area contributed by atoms with Crippen LogP contribution in [0.3, 0.4) is 0 Å². The monoisotopic (exact) mass is 678 g/mol. The van der Waals surface area contributed by atoms with Gasteiger partial charge in [-0.1, -0.05) is 158 Å². The average molecular weight is 679 g/mol. The smallest absolute Gasteiger partial charge is 0.164 e. The summed E-state index contributed by atoms with van der Waals surface area (Å²) in [6.07, 6.45) is 3.32. The fourth-order valence-corrected chi connectivity index (χ4v) is 7.81. The third-order valence-corrected chi connectivity index (χ3v) is 10.4. The minimum atomic E-state index is 0.200. The predicted molar refractivity (Wildman–Crippen MR) is 217 cm³/mol. The van der Waals surface area contributed by atoms with E-state index in [1.54, 1.807) is 0 Å². The van der Waals surface area contributed by atoms with Crippen LogP contribution in [0.1, 0.15) is 16.7 Å².